The summed E-state index contributed by atoms with van der Waals surface area (Å²) in [6, 6.07) is 3.81. The van der Waals surface area contributed by atoms with Gasteiger partial charge in [-0.3, -0.25) is 4.79 Å². The molecule has 1 aliphatic rings. The number of nitrogens with one attached hydrogen (secondary N) is 1. The molecule has 100 valence electrons. The molecule has 0 bridgehead atoms. The number of amides is 1. The summed E-state index contributed by atoms with van der Waals surface area (Å²) in [6.07, 6.45) is 5.47. The SMILES string of the molecule is CC(O)(CNC(=O)CC1CCCC1)c1cccs1. The zero-order chi connectivity index (χ0) is 13.0. The molecule has 1 saturated carbocycles. The average Bonchev–Trinajstić information content (AvgIpc) is 2.99. The highest BCUT2D eigenvalue weighted by atomic mass is 32.1. The number of aliphatic hydroxyl groups is 1. The lowest BCUT2D eigenvalue weighted by atomic mass is 10.0. The van der Waals surface area contributed by atoms with Crippen molar-refractivity contribution in [2.24, 2.45) is 5.92 Å². The Hall–Kier alpha value is -0.870. The maximum atomic E-state index is 11.8. The van der Waals surface area contributed by atoms with Crippen LogP contribution in [0.1, 0.15) is 43.9 Å². The fourth-order valence-corrected chi connectivity index (χ4v) is 3.28. The third-order valence-corrected chi connectivity index (χ3v) is 4.75. The van der Waals surface area contributed by atoms with Gasteiger partial charge in [-0.05, 0) is 37.1 Å². The summed E-state index contributed by atoms with van der Waals surface area (Å²) in [5.41, 5.74) is -0.959. The van der Waals surface area contributed by atoms with Crippen LogP contribution >= 0.6 is 11.3 Å². The van der Waals surface area contributed by atoms with E-state index in [1.165, 1.54) is 37.0 Å². The van der Waals surface area contributed by atoms with Crippen LogP contribution in [0.25, 0.3) is 0 Å². The molecule has 0 radical (unpaired) electrons. The zero-order valence-electron chi connectivity index (χ0n) is 10.8. The van der Waals surface area contributed by atoms with E-state index in [1.807, 2.05) is 17.5 Å². The molecule has 0 spiro atoms. The third-order valence-electron chi connectivity index (χ3n) is 3.63. The zero-order valence-corrected chi connectivity index (χ0v) is 11.6. The maximum Gasteiger partial charge on any atom is 0.220 e. The van der Waals surface area contributed by atoms with Crippen LogP contribution in [-0.2, 0) is 10.4 Å². The fraction of sp³-hybridized carbons (Fsp3) is 0.643. The first-order chi connectivity index (χ1) is 8.58. The Bertz CT molecular complexity index is 381. The Labute approximate surface area is 112 Å². The number of carbonyl (C=O) groups excluding carboxylic acids is 1. The van der Waals surface area contributed by atoms with E-state index in [-0.39, 0.29) is 5.91 Å². The lowest BCUT2D eigenvalue weighted by Crippen LogP contribution is -2.38. The van der Waals surface area contributed by atoms with E-state index in [2.05, 4.69) is 5.32 Å². The highest BCUT2D eigenvalue weighted by Gasteiger charge is 2.25. The van der Waals surface area contributed by atoms with Crippen LogP contribution in [0.4, 0.5) is 0 Å². The average molecular weight is 267 g/mol. The second kappa shape index (κ2) is 5.85. The number of hydrogen-bond donors (Lipinski definition) is 2. The Morgan fingerprint density at radius 2 is 2.28 bits per heavy atom. The molecule has 2 rings (SSSR count). The van der Waals surface area contributed by atoms with Gasteiger partial charge in [0, 0.05) is 11.3 Å². The van der Waals surface area contributed by atoms with Crippen LogP contribution in [0.2, 0.25) is 0 Å². The van der Waals surface area contributed by atoms with E-state index in [9.17, 15) is 9.90 Å². The lowest BCUT2D eigenvalue weighted by molar-refractivity contribution is -0.123. The molecule has 1 amide bonds. The Kier molecular flexibility index (Phi) is 4.40. The molecule has 1 heterocycles. The molecular weight excluding hydrogens is 246 g/mol. The minimum Gasteiger partial charge on any atom is -0.383 e. The van der Waals surface area contributed by atoms with Crippen molar-refractivity contribution in [3.63, 3.8) is 0 Å². The smallest absolute Gasteiger partial charge is 0.220 e. The Balaban J connectivity index is 1.78. The summed E-state index contributed by atoms with van der Waals surface area (Å²) in [4.78, 5) is 12.7. The number of hydrogen-bond acceptors (Lipinski definition) is 3. The molecule has 18 heavy (non-hydrogen) atoms. The number of thiophene rings is 1. The molecule has 1 aromatic rings. The maximum absolute atomic E-state index is 11.8. The lowest BCUT2D eigenvalue weighted by Gasteiger charge is -2.22. The molecular formula is C14H21NO2S. The number of carbonyl (C=O) groups is 1. The van der Waals surface area contributed by atoms with Crippen molar-refractivity contribution in [2.75, 3.05) is 6.54 Å². The molecule has 3 nitrogen and oxygen atoms in total. The summed E-state index contributed by atoms with van der Waals surface area (Å²) >= 11 is 1.51. The summed E-state index contributed by atoms with van der Waals surface area (Å²) in [7, 11) is 0. The van der Waals surface area contributed by atoms with Gasteiger partial charge in [0.1, 0.15) is 5.60 Å². The molecule has 2 N–H and O–H groups in total. The molecule has 1 aliphatic carbocycles. The van der Waals surface area contributed by atoms with Gasteiger partial charge in [-0.2, -0.15) is 0 Å². The second-order valence-corrected chi connectivity index (χ2v) is 6.33. The van der Waals surface area contributed by atoms with Crippen LogP contribution in [0.3, 0.4) is 0 Å². The van der Waals surface area contributed by atoms with Crippen LogP contribution < -0.4 is 5.32 Å². The standard InChI is InChI=1S/C14H21NO2S/c1-14(17,12-7-4-8-18-12)10-15-13(16)9-11-5-2-3-6-11/h4,7-8,11,17H,2-3,5-6,9-10H2,1H3,(H,15,16). The van der Waals surface area contributed by atoms with Gasteiger partial charge in [0.05, 0.1) is 6.54 Å². The van der Waals surface area contributed by atoms with Crippen molar-refractivity contribution >= 4 is 17.2 Å². The summed E-state index contributed by atoms with van der Waals surface area (Å²) in [5, 5.41) is 15.1. The minimum absolute atomic E-state index is 0.0683. The summed E-state index contributed by atoms with van der Waals surface area (Å²) < 4.78 is 0. The van der Waals surface area contributed by atoms with Gasteiger partial charge >= 0.3 is 0 Å². The minimum atomic E-state index is -0.959. The van der Waals surface area contributed by atoms with Crippen LogP contribution in [-0.4, -0.2) is 17.6 Å². The highest BCUT2D eigenvalue weighted by Crippen LogP contribution is 2.28. The third kappa shape index (κ3) is 3.56. The topological polar surface area (TPSA) is 49.3 Å². The van der Waals surface area contributed by atoms with Crippen molar-refractivity contribution in [1.82, 2.24) is 5.32 Å². The van der Waals surface area contributed by atoms with Crippen molar-refractivity contribution in [3.8, 4) is 0 Å². The van der Waals surface area contributed by atoms with E-state index < -0.39 is 5.60 Å². The van der Waals surface area contributed by atoms with Gasteiger partial charge in [-0.15, -0.1) is 11.3 Å². The second-order valence-electron chi connectivity index (χ2n) is 5.38. The van der Waals surface area contributed by atoms with Crippen LogP contribution in [0, 0.1) is 5.92 Å². The van der Waals surface area contributed by atoms with E-state index in [0.717, 1.165) is 4.88 Å². The Morgan fingerprint density at radius 1 is 1.56 bits per heavy atom. The molecule has 0 aliphatic heterocycles. The molecule has 0 saturated heterocycles. The van der Waals surface area contributed by atoms with E-state index in [1.54, 1.807) is 6.92 Å². The monoisotopic (exact) mass is 267 g/mol. The van der Waals surface area contributed by atoms with Crippen molar-refractivity contribution in [3.05, 3.63) is 22.4 Å². The molecule has 1 aromatic heterocycles. The van der Waals surface area contributed by atoms with E-state index in [4.69, 9.17) is 0 Å². The quantitative estimate of drug-likeness (QED) is 0.861. The van der Waals surface area contributed by atoms with Gasteiger partial charge in [-0.25, -0.2) is 0 Å². The van der Waals surface area contributed by atoms with Crippen molar-refractivity contribution < 1.29 is 9.90 Å². The predicted octanol–water partition coefficient (Wildman–Crippen LogP) is 2.65. The highest BCUT2D eigenvalue weighted by molar-refractivity contribution is 7.10. The summed E-state index contributed by atoms with van der Waals surface area (Å²) in [6.45, 7) is 2.04. The van der Waals surface area contributed by atoms with Crippen molar-refractivity contribution in [2.45, 2.75) is 44.6 Å². The van der Waals surface area contributed by atoms with E-state index in [0.29, 0.717) is 18.9 Å². The normalized spacial score (nSPS) is 19.7. The Morgan fingerprint density at radius 3 is 2.89 bits per heavy atom. The van der Waals surface area contributed by atoms with Crippen LogP contribution in [0.5, 0.6) is 0 Å². The van der Waals surface area contributed by atoms with E-state index >= 15 is 0 Å². The van der Waals surface area contributed by atoms with Crippen LogP contribution in [0.15, 0.2) is 17.5 Å². The first kappa shape index (κ1) is 13.6. The van der Waals surface area contributed by atoms with Gasteiger partial charge in [0.2, 0.25) is 5.91 Å². The van der Waals surface area contributed by atoms with Gasteiger partial charge in [0.25, 0.3) is 0 Å². The molecule has 0 aromatic carbocycles. The van der Waals surface area contributed by atoms with Gasteiger partial charge in [0.15, 0.2) is 0 Å². The van der Waals surface area contributed by atoms with Gasteiger partial charge in [-0.1, -0.05) is 18.9 Å². The molecule has 1 unspecified atom stereocenters. The van der Waals surface area contributed by atoms with Gasteiger partial charge < -0.3 is 10.4 Å². The number of rotatable bonds is 5. The largest absolute Gasteiger partial charge is 0.383 e. The summed E-state index contributed by atoms with van der Waals surface area (Å²) in [5.74, 6) is 0.621. The first-order valence-electron chi connectivity index (χ1n) is 6.61. The molecule has 1 atom stereocenters. The molecule has 4 heteroatoms. The van der Waals surface area contributed by atoms with Crippen molar-refractivity contribution in [1.29, 1.82) is 0 Å². The predicted molar refractivity (Wildman–Crippen MR) is 73.5 cm³/mol. The molecule has 1 fully saturated rings. The fourth-order valence-electron chi connectivity index (χ4n) is 2.49. The first-order valence-corrected chi connectivity index (χ1v) is 7.49.